The van der Waals surface area contributed by atoms with Gasteiger partial charge in [-0.2, -0.15) is 5.10 Å². The number of aromatic amines is 2. The summed E-state index contributed by atoms with van der Waals surface area (Å²) < 4.78 is 14.2. The predicted molar refractivity (Wildman–Crippen MR) is 159 cm³/mol. The van der Waals surface area contributed by atoms with E-state index in [9.17, 15) is 9.18 Å². The Morgan fingerprint density at radius 1 is 0.900 bits per heavy atom. The summed E-state index contributed by atoms with van der Waals surface area (Å²) >= 11 is 0. The van der Waals surface area contributed by atoms with Crippen LogP contribution in [0.3, 0.4) is 0 Å². The summed E-state index contributed by atoms with van der Waals surface area (Å²) in [5.41, 5.74) is 8.59. The van der Waals surface area contributed by atoms with Gasteiger partial charge in [0.25, 0.3) is 0 Å². The van der Waals surface area contributed by atoms with E-state index in [1.807, 2.05) is 70.2 Å². The molecule has 6 nitrogen and oxygen atoms in total. The van der Waals surface area contributed by atoms with E-state index in [4.69, 9.17) is 0 Å². The third-order valence-corrected chi connectivity index (χ3v) is 6.88. The monoisotopic (exact) mass is 531 g/mol. The van der Waals surface area contributed by atoms with E-state index in [2.05, 4.69) is 37.6 Å². The minimum atomic E-state index is -0.249. The van der Waals surface area contributed by atoms with E-state index >= 15 is 0 Å². The fourth-order valence-corrected chi connectivity index (χ4v) is 5.18. The Kier molecular flexibility index (Phi) is 6.22. The summed E-state index contributed by atoms with van der Waals surface area (Å²) in [5.74, 6) is -0.286. The van der Waals surface area contributed by atoms with Gasteiger partial charge in [0, 0.05) is 34.5 Å². The summed E-state index contributed by atoms with van der Waals surface area (Å²) in [5, 5.41) is 12.7. The molecule has 40 heavy (non-hydrogen) atoms. The maximum atomic E-state index is 14.2. The van der Waals surface area contributed by atoms with Crippen LogP contribution in [-0.4, -0.2) is 26.1 Å². The molecule has 3 aromatic heterocycles. The van der Waals surface area contributed by atoms with Crippen molar-refractivity contribution in [2.75, 3.05) is 5.32 Å². The number of anilines is 1. The van der Waals surface area contributed by atoms with E-state index in [0.29, 0.717) is 12.1 Å². The van der Waals surface area contributed by atoms with Gasteiger partial charge in [-0.1, -0.05) is 45.0 Å². The van der Waals surface area contributed by atoms with Crippen LogP contribution in [-0.2, 0) is 4.79 Å². The molecule has 0 bridgehead atoms. The van der Waals surface area contributed by atoms with Crippen molar-refractivity contribution in [1.29, 1.82) is 0 Å². The van der Waals surface area contributed by atoms with Gasteiger partial charge in [0.15, 0.2) is 0 Å². The molecule has 0 aliphatic heterocycles. The van der Waals surface area contributed by atoms with E-state index in [1.54, 1.807) is 18.5 Å². The number of fused-ring (bicyclic) bond motifs is 2. The van der Waals surface area contributed by atoms with Crippen molar-refractivity contribution < 1.29 is 9.18 Å². The summed E-state index contributed by atoms with van der Waals surface area (Å²) in [7, 11) is 0. The van der Waals surface area contributed by atoms with Crippen LogP contribution in [0.15, 0.2) is 79.1 Å². The van der Waals surface area contributed by atoms with Gasteiger partial charge in [-0.25, -0.2) is 4.39 Å². The Balaban J connectivity index is 1.37. The molecule has 6 rings (SSSR count). The molecular formula is C33H30FN5O. The van der Waals surface area contributed by atoms with Gasteiger partial charge >= 0.3 is 0 Å². The number of benzene rings is 3. The molecule has 1 amide bonds. The maximum absolute atomic E-state index is 14.2. The van der Waals surface area contributed by atoms with E-state index < -0.39 is 0 Å². The van der Waals surface area contributed by atoms with Crippen LogP contribution in [0.1, 0.15) is 32.8 Å². The molecule has 0 spiro atoms. The zero-order chi connectivity index (χ0) is 28.0. The number of aryl methyl sites for hydroxylation is 1. The molecule has 3 aromatic carbocycles. The lowest BCUT2D eigenvalue weighted by Crippen LogP contribution is -2.19. The normalized spacial score (nSPS) is 11.8. The average molecular weight is 532 g/mol. The first-order valence-electron chi connectivity index (χ1n) is 13.3. The second-order valence-corrected chi connectivity index (χ2v) is 11.5. The lowest BCUT2D eigenvalue weighted by Gasteiger charge is -2.17. The predicted octanol–water partition coefficient (Wildman–Crippen LogP) is 8.26. The van der Waals surface area contributed by atoms with E-state index in [-0.39, 0.29) is 17.1 Å². The highest BCUT2D eigenvalue weighted by Crippen LogP contribution is 2.36. The molecule has 0 unspecified atom stereocenters. The van der Waals surface area contributed by atoms with Gasteiger partial charge in [-0.3, -0.25) is 14.9 Å². The number of pyridine rings is 1. The van der Waals surface area contributed by atoms with Crippen molar-refractivity contribution in [3.05, 3.63) is 90.5 Å². The summed E-state index contributed by atoms with van der Waals surface area (Å²) in [4.78, 5) is 20.3. The minimum absolute atomic E-state index is 0.0365. The highest BCUT2D eigenvalue weighted by molar-refractivity contribution is 6.02. The molecule has 0 aliphatic rings. The van der Waals surface area contributed by atoms with Crippen LogP contribution in [0.25, 0.3) is 55.4 Å². The molecule has 3 N–H and O–H groups in total. The first-order valence-corrected chi connectivity index (χ1v) is 13.3. The summed E-state index contributed by atoms with van der Waals surface area (Å²) in [6, 6.07) is 21.2. The highest BCUT2D eigenvalue weighted by Gasteiger charge is 2.17. The maximum Gasteiger partial charge on any atom is 0.224 e. The van der Waals surface area contributed by atoms with E-state index in [0.717, 1.165) is 61.0 Å². The standard InChI is InChI=1S/C33H30FN5O/c1-19-10-21(12-23(34)11-19)25-6-5-7-28-26(25)15-30(37-28)32-27-14-20(8-9-29(27)38-39-32)22-13-24(18-35-17-22)36-31(40)16-33(2,3)4/h5-15,17-18,37H,16H2,1-4H3,(H,36,40)(H,38,39). The number of nitrogens with one attached hydrogen (secondary N) is 3. The van der Waals surface area contributed by atoms with Crippen molar-refractivity contribution in [3.8, 4) is 33.6 Å². The zero-order valence-electron chi connectivity index (χ0n) is 22.9. The molecule has 0 aliphatic carbocycles. The van der Waals surface area contributed by atoms with Gasteiger partial charge in [0.05, 0.1) is 23.1 Å². The Morgan fingerprint density at radius 3 is 2.55 bits per heavy atom. The number of nitrogens with zero attached hydrogens (tertiary/aromatic N) is 2. The molecule has 6 aromatic rings. The average Bonchev–Trinajstić information content (AvgIpc) is 3.50. The molecule has 200 valence electrons. The molecule has 3 heterocycles. The van der Waals surface area contributed by atoms with E-state index in [1.165, 1.54) is 6.07 Å². The number of amides is 1. The van der Waals surface area contributed by atoms with Crippen LogP contribution in [0.4, 0.5) is 10.1 Å². The minimum Gasteiger partial charge on any atom is -0.353 e. The van der Waals surface area contributed by atoms with Gasteiger partial charge in [0.2, 0.25) is 5.91 Å². The van der Waals surface area contributed by atoms with Crippen molar-refractivity contribution in [2.45, 2.75) is 34.1 Å². The number of hydrogen-bond acceptors (Lipinski definition) is 3. The SMILES string of the molecule is Cc1cc(F)cc(-c2cccc3[nH]c(-c4n[nH]c5ccc(-c6cncc(NC(=O)CC(C)(C)C)c6)cc45)cc23)c1. The lowest BCUT2D eigenvalue weighted by atomic mass is 9.92. The van der Waals surface area contributed by atoms with Crippen molar-refractivity contribution in [1.82, 2.24) is 20.2 Å². The zero-order valence-corrected chi connectivity index (χ0v) is 22.9. The second kappa shape index (κ2) is 9.75. The number of rotatable bonds is 5. The van der Waals surface area contributed by atoms with Crippen molar-refractivity contribution >= 4 is 33.4 Å². The molecule has 0 radical (unpaired) electrons. The number of aromatic nitrogens is 4. The summed E-state index contributed by atoms with van der Waals surface area (Å²) in [6.45, 7) is 8.01. The molecule has 0 atom stereocenters. The Hall–Kier alpha value is -4.78. The van der Waals surface area contributed by atoms with Crippen molar-refractivity contribution in [2.24, 2.45) is 5.41 Å². The largest absolute Gasteiger partial charge is 0.353 e. The van der Waals surface area contributed by atoms with Crippen molar-refractivity contribution in [3.63, 3.8) is 0 Å². The Labute approximate surface area is 231 Å². The lowest BCUT2D eigenvalue weighted by molar-refractivity contribution is -0.117. The fraction of sp³-hybridized carbons (Fsp3) is 0.182. The third kappa shape index (κ3) is 5.10. The smallest absolute Gasteiger partial charge is 0.224 e. The number of H-pyrrole nitrogens is 2. The molecule has 0 saturated carbocycles. The number of carbonyl (C=O) groups is 1. The quantitative estimate of drug-likeness (QED) is 0.209. The first kappa shape index (κ1) is 25.5. The molecule has 7 heteroatoms. The Bertz CT molecular complexity index is 1870. The fourth-order valence-electron chi connectivity index (χ4n) is 5.18. The summed E-state index contributed by atoms with van der Waals surface area (Å²) in [6.07, 6.45) is 3.87. The highest BCUT2D eigenvalue weighted by atomic mass is 19.1. The van der Waals surface area contributed by atoms with Gasteiger partial charge in [-0.15, -0.1) is 0 Å². The topological polar surface area (TPSA) is 86.5 Å². The number of hydrogen-bond donors (Lipinski definition) is 3. The second-order valence-electron chi connectivity index (χ2n) is 11.5. The molecule has 0 saturated heterocycles. The molecule has 0 fully saturated rings. The van der Waals surface area contributed by atoms with Crippen LogP contribution in [0, 0.1) is 18.2 Å². The van der Waals surface area contributed by atoms with Gasteiger partial charge < -0.3 is 10.3 Å². The number of halogens is 1. The number of carbonyl (C=O) groups excluding carboxylic acids is 1. The first-order chi connectivity index (χ1) is 19.1. The third-order valence-electron chi connectivity index (χ3n) is 6.88. The Morgan fingerprint density at radius 2 is 1.75 bits per heavy atom. The van der Waals surface area contributed by atoms with Gasteiger partial charge in [0.1, 0.15) is 11.5 Å². The van der Waals surface area contributed by atoms with Crippen LogP contribution < -0.4 is 5.32 Å². The molecular weight excluding hydrogens is 501 g/mol. The van der Waals surface area contributed by atoms with Crippen LogP contribution in [0.5, 0.6) is 0 Å². The van der Waals surface area contributed by atoms with Crippen LogP contribution in [0.2, 0.25) is 0 Å². The van der Waals surface area contributed by atoms with Crippen LogP contribution >= 0.6 is 0 Å². The van der Waals surface area contributed by atoms with Gasteiger partial charge in [-0.05, 0) is 77.1 Å².